The molecule has 0 fully saturated rings. The molecule has 94 valence electrons. The number of carboxylic acids is 1. The molecule has 1 aromatic rings. The average Bonchev–Trinajstić information content (AvgIpc) is 2.31. The Balaban J connectivity index is 2.65. The van der Waals surface area contributed by atoms with Crippen molar-refractivity contribution >= 4 is 23.4 Å². The molecule has 2 atom stereocenters. The molecule has 0 radical (unpaired) electrons. The van der Waals surface area contributed by atoms with Gasteiger partial charge in [-0.3, -0.25) is 0 Å². The Morgan fingerprint density at radius 1 is 1.41 bits per heavy atom. The first-order valence-corrected chi connectivity index (χ1v) is 6.60. The molecule has 0 saturated carbocycles. The predicted molar refractivity (Wildman–Crippen MR) is 70.9 cm³/mol. The number of hydrogen-bond donors (Lipinski definition) is 3. The number of nitrogens with one attached hydrogen (secondary N) is 1. The maximum atomic E-state index is 10.7. The second-order valence-corrected chi connectivity index (χ2v) is 4.85. The molecule has 0 aromatic heterocycles. The van der Waals surface area contributed by atoms with E-state index in [1.165, 1.54) is 0 Å². The quantitative estimate of drug-likeness (QED) is 0.724. The van der Waals surface area contributed by atoms with Crippen LogP contribution in [0.4, 0.5) is 5.69 Å². The Morgan fingerprint density at radius 2 is 2.00 bits per heavy atom. The molecule has 0 saturated heterocycles. The summed E-state index contributed by atoms with van der Waals surface area (Å²) in [5, 5.41) is 21.3. The van der Waals surface area contributed by atoms with Crippen molar-refractivity contribution in [2.45, 2.75) is 18.2 Å². The summed E-state index contributed by atoms with van der Waals surface area (Å²) in [5.74, 6) is -0.929. The molecular weight excluding hydrogens is 238 g/mol. The van der Waals surface area contributed by atoms with Crippen LogP contribution in [0.15, 0.2) is 24.3 Å². The number of carbonyl (C=O) groups is 1. The van der Waals surface area contributed by atoms with Crippen LogP contribution in [0.1, 0.15) is 17.3 Å². The second kappa shape index (κ2) is 6.51. The van der Waals surface area contributed by atoms with E-state index in [-0.39, 0.29) is 23.5 Å². The zero-order chi connectivity index (χ0) is 12.8. The molecule has 17 heavy (non-hydrogen) atoms. The first-order chi connectivity index (χ1) is 8.08. The van der Waals surface area contributed by atoms with E-state index in [1.807, 2.05) is 13.2 Å². The molecular formula is C12H17NO3S. The van der Waals surface area contributed by atoms with Gasteiger partial charge in [0.25, 0.3) is 0 Å². The van der Waals surface area contributed by atoms with Gasteiger partial charge in [0.05, 0.1) is 12.2 Å². The van der Waals surface area contributed by atoms with Crippen LogP contribution in [0.5, 0.6) is 0 Å². The maximum absolute atomic E-state index is 10.7. The second-order valence-electron chi connectivity index (χ2n) is 3.77. The van der Waals surface area contributed by atoms with Gasteiger partial charge in [-0.2, -0.15) is 11.8 Å². The van der Waals surface area contributed by atoms with E-state index in [9.17, 15) is 4.79 Å². The van der Waals surface area contributed by atoms with Crippen LogP contribution in [0, 0.1) is 0 Å². The van der Waals surface area contributed by atoms with Gasteiger partial charge in [0.15, 0.2) is 0 Å². The highest BCUT2D eigenvalue weighted by Gasteiger charge is 2.14. The van der Waals surface area contributed by atoms with Crippen molar-refractivity contribution in [3.63, 3.8) is 0 Å². The van der Waals surface area contributed by atoms with Crippen molar-refractivity contribution in [3.8, 4) is 0 Å². The van der Waals surface area contributed by atoms with Gasteiger partial charge in [0, 0.05) is 17.0 Å². The minimum atomic E-state index is -0.929. The summed E-state index contributed by atoms with van der Waals surface area (Å²) < 4.78 is 0. The Labute approximate surface area is 105 Å². The van der Waals surface area contributed by atoms with Crippen molar-refractivity contribution < 1.29 is 15.0 Å². The fourth-order valence-corrected chi connectivity index (χ4v) is 2.13. The van der Waals surface area contributed by atoms with E-state index in [0.29, 0.717) is 0 Å². The molecule has 4 nitrogen and oxygen atoms in total. The van der Waals surface area contributed by atoms with E-state index in [4.69, 9.17) is 10.2 Å². The van der Waals surface area contributed by atoms with Crippen molar-refractivity contribution in [1.29, 1.82) is 0 Å². The summed E-state index contributed by atoms with van der Waals surface area (Å²) in [6, 6.07) is 6.70. The van der Waals surface area contributed by atoms with Gasteiger partial charge >= 0.3 is 5.97 Å². The van der Waals surface area contributed by atoms with E-state index < -0.39 is 5.97 Å². The van der Waals surface area contributed by atoms with Gasteiger partial charge in [0.2, 0.25) is 0 Å². The number of rotatable bonds is 6. The largest absolute Gasteiger partial charge is 0.478 e. The van der Waals surface area contributed by atoms with Gasteiger partial charge in [-0.05, 0) is 37.4 Å². The average molecular weight is 255 g/mol. The smallest absolute Gasteiger partial charge is 0.335 e. The summed E-state index contributed by atoms with van der Waals surface area (Å²) in [5.41, 5.74) is 1.13. The SMILES string of the molecule is CSC(CO)C(C)Nc1ccc(C(=O)O)cc1. The molecule has 0 amide bonds. The fraction of sp³-hybridized carbons (Fsp3) is 0.417. The summed E-state index contributed by atoms with van der Waals surface area (Å²) in [4.78, 5) is 10.7. The lowest BCUT2D eigenvalue weighted by molar-refractivity contribution is 0.0697. The molecule has 0 aliphatic heterocycles. The van der Waals surface area contributed by atoms with Gasteiger partial charge < -0.3 is 15.5 Å². The predicted octanol–water partition coefficient (Wildman–Crippen LogP) is 1.91. The van der Waals surface area contributed by atoms with Crippen LogP contribution >= 0.6 is 11.8 Å². The number of thioether (sulfide) groups is 1. The molecule has 5 heteroatoms. The minimum absolute atomic E-state index is 0.114. The Kier molecular flexibility index (Phi) is 5.31. The molecule has 0 heterocycles. The van der Waals surface area contributed by atoms with Crippen molar-refractivity contribution in [2.75, 3.05) is 18.2 Å². The molecule has 0 bridgehead atoms. The molecule has 0 spiro atoms. The van der Waals surface area contributed by atoms with Crippen molar-refractivity contribution in [1.82, 2.24) is 0 Å². The molecule has 3 N–H and O–H groups in total. The number of aliphatic hydroxyl groups is 1. The van der Waals surface area contributed by atoms with Crippen molar-refractivity contribution in [2.24, 2.45) is 0 Å². The number of hydrogen-bond acceptors (Lipinski definition) is 4. The number of aliphatic hydroxyl groups excluding tert-OH is 1. The van der Waals surface area contributed by atoms with Gasteiger partial charge in [0.1, 0.15) is 0 Å². The number of carboxylic acid groups (broad SMARTS) is 1. The topological polar surface area (TPSA) is 69.6 Å². The van der Waals surface area contributed by atoms with Crippen LogP contribution in [-0.4, -0.2) is 40.3 Å². The van der Waals surface area contributed by atoms with Crippen LogP contribution < -0.4 is 5.32 Å². The van der Waals surface area contributed by atoms with Crippen LogP contribution in [0.3, 0.4) is 0 Å². The first kappa shape index (κ1) is 13.9. The van der Waals surface area contributed by atoms with Gasteiger partial charge in [-0.1, -0.05) is 0 Å². The zero-order valence-electron chi connectivity index (χ0n) is 9.88. The first-order valence-electron chi connectivity index (χ1n) is 5.32. The Hall–Kier alpha value is -1.20. The van der Waals surface area contributed by atoms with Crippen molar-refractivity contribution in [3.05, 3.63) is 29.8 Å². The molecule has 1 aromatic carbocycles. The summed E-state index contributed by atoms with van der Waals surface area (Å²) in [7, 11) is 0. The number of anilines is 1. The highest BCUT2D eigenvalue weighted by Crippen LogP contribution is 2.16. The molecule has 0 aliphatic rings. The fourth-order valence-electron chi connectivity index (χ4n) is 1.50. The standard InChI is InChI=1S/C12H17NO3S/c1-8(11(7-14)17-2)13-10-5-3-9(4-6-10)12(15)16/h3-6,8,11,13-14H,7H2,1-2H3,(H,15,16). The highest BCUT2D eigenvalue weighted by atomic mass is 32.2. The third-order valence-corrected chi connectivity index (χ3v) is 3.73. The lowest BCUT2D eigenvalue weighted by Gasteiger charge is -2.22. The van der Waals surface area contributed by atoms with Crippen LogP contribution in [-0.2, 0) is 0 Å². The Bertz CT molecular complexity index is 363. The minimum Gasteiger partial charge on any atom is -0.478 e. The third kappa shape index (κ3) is 3.94. The molecule has 2 unspecified atom stereocenters. The summed E-state index contributed by atoms with van der Waals surface area (Å²) in [6.07, 6.45) is 1.95. The number of benzene rings is 1. The normalized spacial score (nSPS) is 14.1. The van der Waals surface area contributed by atoms with E-state index in [2.05, 4.69) is 5.32 Å². The molecule has 1 rings (SSSR count). The lowest BCUT2D eigenvalue weighted by Crippen LogP contribution is -2.30. The number of aromatic carboxylic acids is 1. The Morgan fingerprint density at radius 3 is 2.41 bits per heavy atom. The third-order valence-electron chi connectivity index (χ3n) is 2.57. The van der Waals surface area contributed by atoms with Gasteiger partial charge in [-0.15, -0.1) is 0 Å². The highest BCUT2D eigenvalue weighted by molar-refractivity contribution is 7.99. The molecule has 0 aliphatic carbocycles. The lowest BCUT2D eigenvalue weighted by atomic mass is 10.2. The maximum Gasteiger partial charge on any atom is 0.335 e. The van der Waals surface area contributed by atoms with Crippen LogP contribution in [0.2, 0.25) is 0 Å². The van der Waals surface area contributed by atoms with E-state index in [1.54, 1.807) is 36.0 Å². The summed E-state index contributed by atoms with van der Waals surface area (Å²) >= 11 is 1.60. The van der Waals surface area contributed by atoms with Crippen LogP contribution in [0.25, 0.3) is 0 Å². The van der Waals surface area contributed by atoms with E-state index in [0.717, 1.165) is 5.69 Å². The zero-order valence-corrected chi connectivity index (χ0v) is 10.7. The monoisotopic (exact) mass is 255 g/mol. The van der Waals surface area contributed by atoms with Gasteiger partial charge in [-0.25, -0.2) is 4.79 Å². The van der Waals surface area contributed by atoms with E-state index >= 15 is 0 Å². The summed E-state index contributed by atoms with van der Waals surface area (Å²) in [6.45, 7) is 2.10.